The lowest BCUT2D eigenvalue weighted by molar-refractivity contribution is -0.143. The lowest BCUT2D eigenvalue weighted by Crippen LogP contribution is -2.53. The van der Waals surface area contributed by atoms with E-state index in [-0.39, 0.29) is 25.0 Å². The topological polar surface area (TPSA) is 117 Å². The van der Waals surface area contributed by atoms with Crippen LogP contribution in [0.25, 0.3) is 0 Å². The first-order valence-corrected chi connectivity index (χ1v) is 13.3. The number of anilines is 2. The highest BCUT2D eigenvalue weighted by Crippen LogP contribution is 2.63. The summed E-state index contributed by atoms with van der Waals surface area (Å²) in [5.41, 5.74) is -0.910. The van der Waals surface area contributed by atoms with Crippen LogP contribution >= 0.6 is 11.6 Å². The Hall–Kier alpha value is -3.14. The molecule has 2 aromatic rings. The van der Waals surface area contributed by atoms with E-state index in [1.54, 1.807) is 48.5 Å². The number of carbonyl (C=O) groups is 3. The number of amides is 3. The highest BCUT2D eigenvalue weighted by atomic mass is 35.5. The number of nitrogens with one attached hydrogen (secondary N) is 2. The van der Waals surface area contributed by atoms with Gasteiger partial charge in [0.1, 0.15) is 17.4 Å². The van der Waals surface area contributed by atoms with Gasteiger partial charge < -0.3 is 30.1 Å². The van der Waals surface area contributed by atoms with E-state index >= 15 is 0 Å². The maximum atomic E-state index is 13.9. The van der Waals surface area contributed by atoms with Crippen LogP contribution in [0.15, 0.2) is 48.5 Å². The van der Waals surface area contributed by atoms with Crippen LogP contribution in [0.3, 0.4) is 0 Å². The Morgan fingerprint density at radius 1 is 1.08 bits per heavy atom. The number of hydrogen-bond donors (Lipinski definition) is 3. The maximum Gasteiger partial charge on any atom is 0.250 e. The molecule has 3 heterocycles. The summed E-state index contributed by atoms with van der Waals surface area (Å²) < 4.78 is 12.1. The van der Waals surface area contributed by atoms with Gasteiger partial charge in [-0.1, -0.05) is 11.6 Å². The molecule has 2 bridgehead atoms. The predicted octanol–water partition coefficient (Wildman–Crippen LogP) is 3.46. The number of benzene rings is 2. The number of aliphatic hydroxyl groups excluding tert-OH is 1. The zero-order valence-corrected chi connectivity index (χ0v) is 22.2. The maximum absolute atomic E-state index is 13.9. The molecule has 38 heavy (non-hydrogen) atoms. The Kier molecular flexibility index (Phi) is 7.11. The predicted molar refractivity (Wildman–Crippen MR) is 142 cm³/mol. The molecule has 9 nitrogen and oxygen atoms in total. The van der Waals surface area contributed by atoms with Gasteiger partial charge in [0.05, 0.1) is 24.0 Å². The van der Waals surface area contributed by atoms with Gasteiger partial charge in [0.15, 0.2) is 0 Å². The molecule has 3 aliphatic rings. The van der Waals surface area contributed by atoms with E-state index in [1.165, 1.54) is 4.90 Å². The van der Waals surface area contributed by atoms with Crippen LogP contribution in [0.1, 0.15) is 33.1 Å². The number of likely N-dealkylation sites (tertiary alicyclic amines) is 1. The van der Waals surface area contributed by atoms with Crippen molar-refractivity contribution in [3.05, 3.63) is 53.6 Å². The number of aliphatic hydroxyl groups is 1. The Balaban J connectivity index is 1.44. The van der Waals surface area contributed by atoms with Crippen LogP contribution < -0.4 is 15.4 Å². The van der Waals surface area contributed by atoms with Crippen molar-refractivity contribution in [2.45, 2.75) is 50.4 Å². The molecule has 5 rings (SSSR count). The largest absolute Gasteiger partial charge is 0.494 e. The summed E-state index contributed by atoms with van der Waals surface area (Å²) in [4.78, 5) is 42.8. The lowest BCUT2D eigenvalue weighted by atomic mass is 9.66. The fourth-order valence-corrected chi connectivity index (χ4v) is 6.50. The van der Waals surface area contributed by atoms with Gasteiger partial charge in [-0.05, 0) is 81.6 Å². The first kappa shape index (κ1) is 26.5. The zero-order chi connectivity index (χ0) is 27.1. The molecule has 3 fully saturated rings. The average molecular weight is 542 g/mol. The van der Waals surface area contributed by atoms with E-state index < -0.39 is 35.0 Å². The molecule has 3 aliphatic heterocycles. The van der Waals surface area contributed by atoms with Gasteiger partial charge in [-0.3, -0.25) is 14.4 Å². The molecule has 0 aromatic heterocycles. The minimum atomic E-state index is -1.14. The van der Waals surface area contributed by atoms with Crippen LogP contribution in [-0.2, 0) is 19.1 Å². The number of nitrogens with zero attached hydrogens (tertiary/aromatic N) is 1. The summed E-state index contributed by atoms with van der Waals surface area (Å²) in [6.45, 7) is 4.33. The summed E-state index contributed by atoms with van der Waals surface area (Å²) in [5.74, 6) is -1.91. The van der Waals surface area contributed by atoms with Crippen molar-refractivity contribution in [1.82, 2.24) is 4.90 Å². The summed E-state index contributed by atoms with van der Waals surface area (Å²) >= 11 is 5.99. The van der Waals surface area contributed by atoms with Gasteiger partial charge in [-0.2, -0.15) is 0 Å². The van der Waals surface area contributed by atoms with E-state index in [9.17, 15) is 19.5 Å². The number of ether oxygens (including phenoxy) is 2. The number of hydrogen-bond acceptors (Lipinski definition) is 6. The molecule has 1 spiro atoms. The fraction of sp³-hybridized carbons (Fsp3) is 0.464. The fourth-order valence-electron chi connectivity index (χ4n) is 6.37. The highest BCUT2D eigenvalue weighted by molar-refractivity contribution is 6.30. The molecule has 0 saturated carbocycles. The molecule has 2 aromatic carbocycles. The van der Waals surface area contributed by atoms with Crippen LogP contribution in [0, 0.1) is 11.8 Å². The second-order valence-corrected chi connectivity index (χ2v) is 10.7. The van der Waals surface area contributed by atoms with Gasteiger partial charge in [0.2, 0.25) is 17.7 Å². The number of rotatable bonds is 9. The van der Waals surface area contributed by atoms with E-state index in [0.29, 0.717) is 48.0 Å². The van der Waals surface area contributed by atoms with Crippen LogP contribution in [0.5, 0.6) is 5.75 Å². The van der Waals surface area contributed by atoms with Crippen molar-refractivity contribution >= 4 is 40.7 Å². The SMILES string of the molecule is CCOc1ccc(NC(=O)[C@@H]2[C@H]3C(=O)N(CCCO)C(C(=O)Nc4ccc(Cl)cc4)C34CC[C@@]2(C)O4)cc1. The van der Waals surface area contributed by atoms with Gasteiger partial charge in [-0.15, -0.1) is 0 Å². The summed E-state index contributed by atoms with van der Waals surface area (Å²) in [6, 6.07) is 12.8. The summed E-state index contributed by atoms with van der Waals surface area (Å²) in [6.07, 6.45) is 1.32. The van der Waals surface area contributed by atoms with Crippen molar-refractivity contribution in [1.29, 1.82) is 0 Å². The normalized spacial score (nSPS) is 29.3. The molecule has 10 heteroatoms. The smallest absolute Gasteiger partial charge is 0.250 e. The molecule has 3 amide bonds. The van der Waals surface area contributed by atoms with Gasteiger partial charge in [0.25, 0.3) is 0 Å². The quantitative estimate of drug-likeness (QED) is 0.447. The Bertz CT molecular complexity index is 1220. The standard InChI is InChI=1S/C28H32ClN3O6/c1-3-37-20-11-9-19(10-12-20)30-24(34)21-22-26(36)32(15-4-16-33)23(28(22)14-13-27(21,2)38-28)25(35)31-18-7-5-17(29)6-8-18/h5-12,21-23,33H,3-4,13-16H2,1-2H3,(H,30,34)(H,31,35)/t21-,22-,23?,27+,28?/m0/s1. The zero-order valence-electron chi connectivity index (χ0n) is 21.4. The molecular weight excluding hydrogens is 510 g/mol. The third kappa shape index (κ3) is 4.42. The van der Waals surface area contributed by atoms with Crippen molar-refractivity contribution < 1.29 is 29.0 Å². The van der Waals surface area contributed by atoms with Crippen LogP contribution in [-0.4, -0.2) is 64.7 Å². The van der Waals surface area contributed by atoms with Gasteiger partial charge >= 0.3 is 0 Å². The number of halogens is 1. The van der Waals surface area contributed by atoms with Crippen molar-refractivity contribution in [3.8, 4) is 5.75 Å². The number of fused-ring (bicyclic) bond motifs is 1. The lowest BCUT2D eigenvalue weighted by Gasteiger charge is -2.33. The molecule has 3 saturated heterocycles. The van der Waals surface area contributed by atoms with E-state index in [2.05, 4.69) is 10.6 Å². The Morgan fingerprint density at radius 3 is 2.34 bits per heavy atom. The molecule has 0 aliphatic carbocycles. The monoisotopic (exact) mass is 541 g/mol. The van der Waals surface area contributed by atoms with Crippen LogP contribution in [0.4, 0.5) is 11.4 Å². The molecular formula is C28H32ClN3O6. The van der Waals surface area contributed by atoms with E-state index in [4.69, 9.17) is 21.1 Å². The van der Waals surface area contributed by atoms with Gasteiger partial charge in [-0.25, -0.2) is 0 Å². The average Bonchev–Trinajstić information content (AvgIpc) is 3.46. The Labute approximate surface area is 226 Å². The minimum absolute atomic E-state index is 0.132. The number of carbonyl (C=O) groups excluding carboxylic acids is 3. The molecule has 202 valence electrons. The van der Waals surface area contributed by atoms with Crippen molar-refractivity contribution in [3.63, 3.8) is 0 Å². The first-order valence-electron chi connectivity index (χ1n) is 12.9. The van der Waals surface area contributed by atoms with Gasteiger partial charge in [0, 0.05) is 29.5 Å². The van der Waals surface area contributed by atoms with E-state index in [1.807, 2.05) is 13.8 Å². The second kappa shape index (κ2) is 10.2. The molecule has 5 atom stereocenters. The first-order chi connectivity index (χ1) is 18.2. The van der Waals surface area contributed by atoms with Crippen molar-refractivity contribution in [2.75, 3.05) is 30.4 Å². The third-order valence-corrected chi connectivity index (χ3v) is 8.16. The molecule has 0 radical (unpaired) electrons. The minimum Gasteiger partial charge on any atom is -0.494 e. The summed E-state index contributed by atoms with van der Waals surface area (Å²) in [5, 5.41) is 15.8. The van der Waals surface area contributed by atoms with Crippen molar-refractivity contribution in [2.24, 2.45) is 11.8 Å². The molecule has 3 N–H and O–H groups in total. The summed E-state index contributed by atoms with van der Waals surface area (Å²) in [7, 11) is 0. The van der Waals surface area contributed by atoms with Crippen LogP contribution in [0.2, 0.25) is 5.02 Å². The molecule has 2 unspecified atom stereocenters. The van der Waals surface area contributed by atoms with E-state index in [0.717, 1.165) is 0 Å². The highest BCUT2D eigenvalue weighted by Gasteiger charge is 2.77. The Morgan fingerprint density at radius 2 is 1.71 bits per heavy atom. The second-order valence-electron chi connectivity index (χ2n) is 10.3. The third-order valence-electron chi connectivity index (χ3n) is 7.91.